The molecule has 1 atom stereocenters. The van der Waals surface area contributed by atoms with Crippen LogP contribution in [0.3, 0.4) is 0 Å². The number of nitrogens with zero attached hydrogens (tertiary/aromatic N) is 1. The molecule has 2 aromatic carbocycles. The van der Waals surface area contributed by atoms with E-state index in [9.17, 15) is 18.3 Å². The highest BCUT2D eigenvalue weighted by molar-refractivity contribution is 5.48. The van der Waals surface area contributed by atoms with Gasteiger partial charge in [0, 0.05) is 24.6 Å². The average molecular weight is 411 g/mol. The summed E-state index contributed by atoms with van der Waals surface area (Å²) >= 11 is 0. The molecule has 1 saturated heterocycles. The van der Waals surface area contributed by atoms with Gasteiger partial charge in [0.1, 0.15) is 22.8 Å². The third-order valence-corrected chi connectivity index (χ3v) is 5.39. The monoisotopic (exact) mass is 411 g/mol. The molecule has 29 heavy (non-hydrogen) atoms. The van der Waals surface area contributed by atoms with Crippen molar-refractivity contribution >= 4 is 0 Å². The van der Waals surface area contributed by atoms with E-state index < -0.39 is 17.4 Å². The first-order valence-electron chi connectivity index (χ1n) is 9.01. The van der Waals surface area contributed by atoms with E-state index in [1.165, 1.54) is 38.5 Å². The van der Waals surface area contributed by atoms with Crippen molar-refractivity contribution in [2.45, 2.75) is 18.9 Å². The molecule has 3 rings (SSSR count). The number of benzene rings is 2. The van der Waals surface area contributed by atoms with E-state index in [2.05, 4.69) is 9.64 Å². The van der Waals surface area contributed by atoms with Crippen molar-refractivity contribution in [1.29, 1.82) is 0 Å². The van der Waals surface area contributed by atoms with Crippen LogP contribution in [0.25, 0.3) is 0 Å². The van der Waals surface area contributed by atoms with E-state index in [4.69, 9.17) is 9.47 Å². The Morgan fingerprint density at radius 3 is 1.83 bits per heavy atom. The van der Waals surface area contributed by atoms with Gasteiger partial charge in [-0.1, -0.05) is 19.1 Å². The Balaban J connectivity index is 2.11. The molecule has 1 N–H and O–H groups in total. The van der Waals surface area contributed by atoms with Gasteiger partial charge in [-0.2, -0.15) is 0 Å². The molecule has 0 bridgehead atoms. The highest BCUT2D eigenvalue weighted by Gasteiger charge is 2.55. The Morgan fingerprint density at radius 2 is 1.41 bits per heavy atom. The van der Waals surface area contributed by atoms with E-state index in [0.717, 1.165) is 0 Å². The highest BCUT2D eigenvalue weighted by atomic mass is 19.4. The first-order chi connectivity index (χ1) is 13.5. The van der Waals surface area contributed by atoms with Crippen LogP contribution in [0.1, 0.15) is 18.1 Å². The van der Waals surface area contributed by atoms with Gasteiger partial charge < -0.3 is 24.2 Å². The maximum Gasteiger partial charge on any atom is 0.573 e. The molecule has 158 valence electrons. The first-order valence-corrected chi connectivity index (χ1v) is 9.01. The van der Waals surface area contributed by atoms with Crippen LogP contribution in [-0.2, 0) is 5.60 Å². The van der Waals surface area contributed by atoms with E-state index >= 15 is 0 Å². The molecular formula is C21H24F3NO4. The molecule has 8 heteroatoms. The topological polar surface area (TPSA) is 51.2 Å². The molecule has 1 heterocycles. The van der Waals surface area contributed by atoms with Crippen molar-refractivity contribution in [3.05, 3.63) is 53.6 Å². The molecule has 0 radical (unpaired) electrons. The smallest absolute Gasteiger partial charge is 0.497 e. The largest absolute Gasteiger partial charge is 0.573 e. The summed E-state index contributed by atoms with van der Waals surface area (Å²) in [7, 11) is 4.97. The second-order valence-corrected chi connectivity index (χ2v) is 7.62. The van der Waals surface area contributed by atoms with Crippen LogP contribution < -0.4 is 14.2 Å². The Morgan fingerprint density at radius 1 is 0.897 bits per heavy atom. The quantitative estimate of drug-likeness (QED) is 0.784. The normalized spacial score (nSPS) is 18.5. The fourth-order valence-corrected chi connectivity index (χ4v) is 4.15. The van der Waals surface area contributed by atoms with Crippen LogP contribution in [0, 0.1) is 5.41 Å². The summed E-state index contributed by atoms with van der Waals surface area (Å²) in [6.45, 7) is 3.15. The van der Waals surface area contributed by atoms with E-state index in [0.29, 0.717) is 35.7 Å². The van der Waals surface area contributed by atoms with Gasteiger partial charge in [0.15, 0.2) is 0 Å². The molecule has 1 fully saturated rings. The number of hydrogen-bond donors (Lipinski definition) is 1. The molecule has 1 aliphatic rings. The van der Waals surface area contributed by atoms with E-state index in [1.807, 2.05) is 14.0 Å². The van der Waals surface area contributed by atoms with Crippen molar-refractivity contribution in [3.8, 4) is 17.2 Å². The molecule has 0 aromatic heterocycles. The molecular weight excluding hydrogens is 387 g/mol. The molecule has 0 spiro atoms. The van der Waals surface area contributed by atoms with Gasteiger partial charge in [-0.3, -0.25) is 0 Å². The van der Waals surface area contributed by atoms with E-state index in [-0.39, 0.29) is 5.75 Å². The van der Waals surface area contributed by atoms with Gasteiger partial charge in [0.25, 0.3) is 0 Å². The summed E-state index contributed by atoms with van der Waals surface area (Å²) in [5.41, 5.74) is -1.07. The predicted octanol–water partition coefficient (Wildman–Crippen LogP) is 3.79. The SMILES string of the molecule is COc1cc(OC)cc(C(O)(c2ccc(OC(F)(F)F)cc2)C2(C)CN(C)C2)c1. The van der Waals surface area contributed by atoms with Crippen molar-refractivity contribution in [2.24, 2.45) is 5.41 Å². The summed E-state index contributed by atoms with van der Waals surface area (Å²) < 4.78 is 52.1. The minimum Gasteiger partial charge on any atom is -0.497 e. The van der Waals surface area contributed by atoms with Crippen LogP contribution in [0.5, 0.6) is 17.2 Å². The Kier molecular flexibility index (Phi) is 5.44. The van der Waals surface area contributed by atoms with Crippen LogP contribution in [0.2, 0.25) is 0 Å². The zero-order chi connectivity index (χ0) is 21.4. The molecule has 1 aliphatic heterocycles. The highest BCUT2D eigenvalue weighted by Crippen LogP contribution is 2.51. The second-order valence-electron chi connectivity index (χ2n) is 7.62. The second kappa shape index (κ2) is 7.42. The molecule has 0 aliphatic carbocycles. The molecule has 0 amide bonds. The maximum atomic E-state index is 12.5. The van der Waals surface area contributed by atoms with Crippen LogP contribution in [0.15, 0.2) is 42.5 Å². The van der Waals surface area contributed by atoms with E-state index in [1.54, 1.807) is 18.2 Å². The van der Waals surface area contributed by atoms with Crippen molar-refractivity contribution < 1.29 is 32.5 Å². The third kappa shape index (κ3) is 4.00. The number of methoxy groups -OCH3 is 2. The Bertz CT molecular complexity index is 841. The summed E-state index contributed by atoms with van der Waals surface area (Å²) in [5, 5.41) is 12.0. The Hall–Kier alpha value is -2.45. The van der Waals surface area contributed by atoms with Gasteiger partial charge >= 0.3 is 6.36 Å². The zero-order valence-corrected chi connectivity index (χ0v) is 16.7. The lowest BCUT2D eigenvalue weighted by atomic mass is 9.62. The average Bonchev–Trinajstić information content (AvgIpc) is 2.65. The van der Waals surface area contributed by atoms with Crippen LogP contribution >= 0.6 is 0 Å². The minimum atomic E-state index is -4.78. The van der Waals surface area contributed by atoms with Crippen molar-refractivity contribution in [2.75, 3.05) is 34.4 Å². The molecule has 5 nitrogen and oxygen atoms in total. The van der Waals surface area contributed by atoms with Crippen LogP contribution in [-0.4, -0.2) is 50.7 Å². The molecule has 0 saturated carbocycles. The number of hydrogen-bond acceptors (Lipinski definition) is 5. The number of halogens is 3. The number of alkyl halides is 3. The fraction of sp³-hybridized carbons (Fsp3) is 0.429. The number of likely N-dealkylation sites (tertiary alicyclic amines) is 1. The summed E-state index contributed by atoms with van der Waals surface area (Å²) in [6, 6.07) is 10.4. The lowest BCUT2D eigenvalue weighted by Crippen LogP contribution is -2.63. The van der Waals surface area contributed by atoms with Crippen molar-refractivity contribution in [1.82, 2.24) is 4.90 Å². The lowest BCUT2D eigenvalue weighted by Gasteiger charge is -2.56. The summed E-state index contributed by atoms with van der Waals surface area (Å²) in [6.07, 6.45) is -4.78. The fourth-order valence-electron chi connectivity index (χ4n) is 4.15. The third-order valence-electron chi connectivity index (χ3n) is 5.39. The van der Waals surface area contributed by atoms with Gasteiger partial charge in [0.2, 0.25) is 0 Å². The summed E-state index contributed by atoms with van der Waals surface area (Å²) in [4.78, 5) is 2.06. The number of rotatable bonds is 6. The number of aliphatic hydroxyl groups is 1. The van der Waals surface area contributed by atoms with Gasteiger partial charge in [-0.05, 0) is 42.4 Å². The Labute approximate surface area is 167 Å². The maximum absolute atomic E-state index is 12.5. The summed E-state index contributed by atoms with van der Waals surface area (Å²) in [5.74, 6) is 0.667. The standard InChI is InChI=1S/C21H24F3NO4/c1-19(12-25(2)13-19)20(26,15-9-17(27-3)11-18(10-15)28-4)14-5-7-16(8-6-14)29-21(22,23)24/h5-11,26H,12-13H2,1-4H3. The lowest BCUT2D eigenvalue weighted by molar-refractivity contribution is -0.274. The van der Waals surface area contributed by atoms with Crippen LogP contribution in [0.4, 0.5) is 13.2 Å². The number of ether oxygens (including phenoxy) is 3. The van der Waals surface area contributed by atoms with Gasteiger partial charge in [-0.15, -0.1) is 13.2 Å². The molecule has 2 aromatic rings. The van der Waals surface area contributed by atoms with Crippen molar-refractivity contribution in [3.63, 3.8) is 0 Å². The minimum absolute atomic E-state index is 0.345. The first kappa shape index (κ1) is 21.3. The molecule has 1 unspecified atom stereocenters. The van der Waals surface area contributed by atoms with Gasteiger partial charge in [-0.25, -0.2) is 0 Å². The zero-order valence-electron chi connectivity index (χ0n) is 16.7. The van der Waals surface area contributed by atoms with Gasteiger partial charge in [0.05, 0.1) is 14.2 Å². The predicted molar refractivity (Wildman–Crippen MR) is 101 cm³/mol.